The van der Waals surface area contributed by atoms with Crippen LogP contribution in [0.15, 0.2) is 103 Å². The van der Waals surface area contributed by atoms with Crippen molar-refractivity contribution in [1.82, 2.24) is 19.8 Å². The summed E-state index contributed by atoms with van der Waals surface area (Å²) in [4.78, 5) is 37.5. The van der Waals surface area contributed by atoms with Crippen molar-refractivity contribution in [2.75, 3.05) is 14.1 Å². The van der Waals surface area contributed by atoms with Gasteiger partial charge in [-0.15, -0.1) is 0 Å². The van der Waals surface area contributed by atoms with E-state index in [9.17, 15) is 24.9 Å². The first-order valence-corrected chi connectivity index (χ1v) is 20.4. The second kappa shape index (κ2) is 16.5. The lowest BCUT2D eigenvalue weighted by Gasteiger charge is -2.12. The smallest absolute Gasteiger partial charge is 0.258 e. The van der Waals surface area contributed by atoms with Gasteiger partial charge in [-0.2, -0.15) is 0 Å². The largest absolute Gasteiger partial charge is 0.505 e. The number of aryl methyl sites for hydroxylation is 2. The number of benzene rings is 5. The third kappa shape index (κ3) is 8.32. The van der Waals surface area contributed by atoms with Gasteiger partial charge in [-0.25, -0.2) is 0 Å². The number of amides is 2. The van der Waals surface area contributed by atoms with Gasteiger partial charge in [0.25, 0.3) is 11.8 Å². The van der Waals surface area contributed by atoms with Crippen LogP contribution in [0.5, 0.6) is 11.5 Å². The first-order valence-electron chi connectivity index (χ1n) is 20.4. The molecule has 308 valence electrons. The normalized spacial score (nSPS) is 13.0. The minimum Gasteiger partial charge on any atom is -0.505 e. The number of pyridine rings is 2. The zero-order valence-electron chi connectivity index (χ0n) is 35.6. The minimum atomic E-state index is -1.18. The Labute approximate surface area is 361 Å². The summed E-state index contributed by atoms with van der Waals surface area (Å²) in [5.74, 6) is 11.8. The monoisotopic (exact) mass is 818 g/mol. The third-order valence-electron chi connectivity index (χ3n) is 11.1. The maximum absolute atomic E-state index is 12.7. The third-order valence-corrected chi connectivity index (χ3v) is 11.1. The molecule has 2 aromatic heterocycles. The van der Waals surface area contributed by atoms with Gasteiger partial charge in [0.15, 0.2) is 11.5 Å². The summed E-state index contributed by atoms with van der Waals surface area (Å²) in [7, 11) is 3.42. The number of aromatic hydroxyl groups is 2. The maximum Gasteiger partial charge on any atom is 0.258 e. The second-order valence-electron chi connectivity index (χ2n) is 16.7. The van der Waals surface area contributed by atoms with E-state index in [2.05, 4.69) is 96.0 Å². The fourth-order valence-corrected chi connectivity index (χ4v) is 7.88. The molecular weight excluding hydrogens is 773 g/mol. The van der Waals surface area contributed by atoms with Crippen molar-refractivity contribution in [3.05, 3.63) is 176 Å². The van der Waals surface area contributed by atoms with Crippen LogP contribution in [0.3, 0.4) is 0 Å². The summed E-state index contributed by atoms with van der Waals surface area (Å²) in [5.41, 5.74) is 10.7. The molecule has 0 saturated carbocycles. The van der Waals surface area contributed by atoms with Crippen LogP contribution in [0.1, 0.15) is 95.8 Å². The first-order chi connectivity index (χ1) is 29.6. The van der Waals surface area contributed by atoms with Crippen LogP contribution in [-0.2, 0) is 25.9 Å². The number of rotatable bonds is 4. The minimum absolute atomic E-state index is 0.0588. The lowest BCUT2D eigenvalue weighted by molar-refractivity contribution is 0.0807. The van der Waals surface area contributed by atoms with Gasteiger partial charge in [-0.3, -0.25) is 19.6 Å². The number of phenolic OH excluding ortho intramolecular Hbond substituents is 2. The summed E-state index contributed by atoms with van der Waals surface area (Å²) in [6.07, 6.45) is 4.92. The molecule has 2 amide bonds. The molecule has 4 heterocycles. The molecule has 9 rings (SSSR count). The Morgan fingerprint density at radius 3 is 1.48 bits per heavy atom. The van der Waals surface area contributed by atoms with E-state index >= 15 is 0 Å². The number of aliphatic hydroxyl groups is 1. The van der Waals surface area contributed by atoms with Crippen LogP contribution in [0, 0.1) is 37.5 Å². The lowest BCUT2D eigenvalue weighted by Crippen LogP contribution is -2.17. The molecule has 0 fully saturated rings. The average Bonchev–Trinajstić information content (AvgIpc) is 3.72. The number of phenols is 2. The predicted octanol–water partition coefficient (Wildman–Crippen LogP) is 8.37. The first kappa shape index (κ1) is 41.3. The molecule has 9 nitrogen and oxygen atoms in total. The van der Waals surface area contributed by atoms with E-state index in [1.807, 2.05) is 42.5 Å². The van der Waals surface area contributed by atoms with E-state index in [4.69, 9.17) is 0 Å². The summed E-state index contributed by atoms with van der Waals surface area (Å²) >= 11 is 0. The van der Waals surface area contributed by atoms with E-state index in [1.165, 1.54) is 16.7 Å². The van der Waals surface area contributed by atoms with E-state index in [0.29, 0.717) is 52.6 Å². The number of aromatic nitrogens is 2. The highest BCUT2D eigenvalue weighted by Crippen LogP contribution is 2.41. The Morgan fingerprint density at radius 1 is 0.613 bits per heavy atom. The highest BCUT2D eigenvalue weighted by molar-refractivity contribution is 6.09. The van der Waals surface area contributed by atoms with Crippen molar-refractivity contribution in [2.45, 2.75) is 59.2 Å². The molecule has 2 aliphatic rings. The summed E-state index contributed by atoms with van der Waals surface area (Å²) < 4.78 is 0. The molecule has 9 heteroatoms. The molecule has 7 aromatic rings. The van der Waals surface area contributed by atoms with Crippen molar-refractivity contribution in [3.63, 3.8) is 0 Å². The van der Waals surface area contributed by atoms with Gasteiger partial charge in [-0.1, -0.05) is 102 Å². The Bertz CT molecular complexity index is 3060. The molecular formula is C53H46N4O5. The zero-order chi connectivity index (χ0) is 43.9. The van der Waals surface area contributed by atoms with Crippen LogP contribution in [0.2, 0.25) is 0 Å². The quantitative estimate of drug-likeness (QED) is 0.152. The molecule has 0 aliphatic carbocycles. The molecule has 0 unspecified atom stereocenters. The van der Waals surface area contributed by atoms with Crippen molar-refractivity contribution in [2.24, 2.45) is 0 Å². The van der Waals surface area contributed by atoms with Crippen molar-refractivity contribution >= 4 is 33.6 Å². The van der Waals surface area contributed by atoms with E-state index in [0.717, 1.165) is 45.2 Å². The average molecular weight is 819 g/mol. The zero-order valence-corrected chi connectivity index (χ0v) is 35.6. The molecule has 5 aromatic carbocycles. The van der Waals surface area contributed by atoms with Gasteiger partial charge < -0.3 is 25.1 Å². The number of carbonyl (C=O) groups is 2. The molecule has 0 spiro atoms. The highest BCUT2D eigenvalue weighted by atomic mass is 16.3. The van der Waals surface area contributed by atoms with Crippen LogP contribution in [0.25, 0.3) is 21.8 Å². The van der Waals surface area contributed by atoms with Gasteiger partial charge in [0.05, 0.1) is 11.1 Å². The van der Waals surface area contributed by atoms with Crippen molar-refractivity contribution in [1.29, 1.82) is 0 Å². The number of hydrogen-bond acceptors (Lipinski definition) is 7. The van der Waals surface area contributed by atoms with Crippen molar-refractivity contribution < 1.29 is 24.9 Å². The van der Waals surface area contributed by atoms with Gasteiger partial charge in [-0.05, 0) is 87.1 Å². The van der Waals surface area contributed by atoms with Gasteiger partial charge >= 0.3 is 0 Å². The summed E-state index contributed by atoms with van der Waals surface area (Å²) in [5, 5.41) is 33.3. The van der Waals surface area contributed by atoms with Crippen LogP contribution >= 0.6 is 0 Å². The number of carbonyl (C=O) groups excluding carboxylic acids is 2. The summed E-state index contributed by atoms with van der Waals surface area (Å²) in [6.45, 7) is 8.12. The molecule has 0 atom stereocenters. The highest BCUT2D eigenvalue weighted by Gasteiger charge is 2.34. The Hall–Kier alpha value is -7.46. The topological polar surface area (TPSA) is 127 Å². The molecule has 0 bridgehead atoms. The summed E-state index contributed by atoms with van der Waals surface area (Å²) in [6, 6.07) is 30.5. The van der Waals surface area contributed by atoms with E-state index in [1.54, 1.807) is 50.1 Å². The Kier molecular flexibility index (Phi) is 11.0. The van der Waals surface area contributed by atoms with E-state index in [-0.39, 0.29) is 28.9 Å². The van der Waals surface area contributed by atoms with Gasteiger partial charge in [0.2, 0.25) is 0 Å². The van der Waals surface area contributed by atoms with Crippen molar-refractivity contribution in [3.8, 4) is 35.2 Å². The number of nitrogens with zero attached hydrogens (tertiary/aromatic N) is 4. The lowest BCUT2D eigenvalue weighted by atomic mass is 9.94. The number of hydrogen-bond donors (Lipinski definition) is 3. The molecule has 2 aliphatic heterocycles. The predicted molar refractivity (Wildman–Crippen MR) is 242 cm³/mol. The van der Waals surface area contributed by atoms with Gasteiger partial charge in [0, 0.05) is 78.2 Å². The van der Waals surface area contributed by atoms with Crippen LogP contribution in [0.4, 0.5) is 0 Å². The standard InChI is InChI=1S/C28H22N2O2.C25H24N2O3/c1-18-8-10-20(11-9-18)14-21-15-23-22(13-12-19-6-4-3-5-7-19)24-17-30(2)28(32)25(24)27(31)26(23)29-16-21;1-15-5-7-16(8-6-15)11-17-12-19-18(9-10-25(2,3)30)20-14-27(4)24(29)21(20)23(28)22(19)26-13-17/h3-11,15-16,31H,14,17H2,1-2H3;5-8,12-13,28,30H,11,14H2,1-4H3. The molecule has 62 heavy (non-hydrogen) atoms. The SMILES string of the molecule is Cc1ccc(Cc2cnc3c(O)c4c(c(C#CC(C)(C)O)c3c2)CN(C)C4=O)cc1.Cc1ccc(Cc2cnc3c(O)c4c(c(C#Cc5ccccc5)c3c2)CN(C)C4=O)cc1. The number of fused-ring (bicyclic) bond motifs is 4. The van der Waals surface area contributed by atoms with Gasteiger partial charge in [0.1, 0.15) is 16.6 Å². The second-order valence-corrected chi connectivity index (χ2v) is 16.7. The molecule has 0 radical (unpaired) electrons. The Balaban J connectivity index is 0.000000171. The fraction of sp³-hybridized carbons (Fsp3) is 0.208. The fourth-order valence-electron chi connectivity index (χ4n) is 7.88. The Morgan fingerprint density at radius 2 is 1.05 bits per heavy atom. The van der Waals surface area contributed by atoms with Crippen LogP contribution < -0.4 is 0 Å². The van der Waals surface area contributed by atoms with E-state index < -0.39 is 5.60 Å². The maximum atomic E-state index is 12.7. The molecule has 3 N–H and O–H groups in total. The molecule has 0 saturated heterocycles. The van der Waals surface area contributed by atoms with Crippen LogP contribution in [-0.4, -0.2) is 66.6 Å².